The van der Waals surface area contributed by atoms with E-state index in [1.807, 2.05) is 0 Å². The number of rotatable bonds is 5. The average Bonchev–Trinajstić information content (AvgIpc) is 2.55. The highest BCUT2D eigenvalue weighted by Crippen LogP contribution is 2.28. The summed E-state index contributed by atoms with van der Waals surface area (Å²) < 4.78 is 13.4. The molecular formula is C20H22FNO3. The lowest BCUT2D eigenvalue weighted by Crippen LogP contribution is -2.34. The number of anilines is 1. The first-order valence-corrected chi connectivity index (χ1v) is 7.96. The summed E-state index contributed by atoms with van der Waals surface area (Å²) in [5, 5.41) is 12.1. The number of nitrogens with one attached hydrogen (secondary N) is 1. The van der Waals surface area contributed by atoms with E-state index >= 15 is 0 Å². The number of carbonyl (C=O) groups is 2. The lowest BCUT2D eigenvalue weighted by molar-refractivity contribution is -0.142. The monoisotopic (exact) mass is 343 g/mol. The van der Waals surface area contributed by atoms with Crippen LogP contribution in [0, 0.1) is 5.82 Å². The van der Waals surface area contributed by atoms with Crippen LogP contribution in [0.15, 0.2) is 48.5 Å². The number of carboxylic acids is 1. The van der Waals surface area contributed by atoms with Gasteiger partial charge in [0.25, 0.3) is 0 Å². The SMILES string of the molecule is CC(C)(C(=O)O)c1ccc(NC(=O)C(C)(C)c2cccc(F)c2)cc1. The van der Waals surface area contributed by atoms with E-state index in [0.29, 0.717) is 16.8 Å². The minimum atomic E-state index is -1.01. The predicted octanol–water partition coefficient (Wildman–Crippen LogP) is 4.10. The van der Waals surface area contributed by atoms with Gasteiger partial charge in [0, 0.05) is 5.69 Å². The Hall–Kier alpha value is -2.69. The van der Waals surface area contributed by atoms with Gasteiger partial charge in [0.2, 0.25) is 5.91 Å². The summed E-state index contributed by atoms with van der Waals surface area (Å²) in [6.45, 7) is 6.68. The lowest BCUT2D eigenvalue weighted by atomic mass is 9.83. The van der Waals surface area contributed by atoms with Crippen molar-refractivity contribution >= 4 is 17.6 Å². The molecule has 0 radical (unpaired) electrons. The van der Waals surface area contributed by atoms with Gasteiger partial charge in [-0.2, -0.15) is 0 Å². The zero-order valence-corrected chi connectivity index (χ0v) is 14.8. The molecule has 0 aliphatic heterocycles. The molecule has 5 heteroatoms. The highest BCUT2D eigenvalue weighted by Gasteiger charge is 2.31. The minimum absolute atomic E-state index is 0.275. The summed E-state index contributed by atoms with van der Waals surface area (Å²) in [6.07, 6.45) is 0. The van der Waals surface area contributed by atoms with Crippen molar-refractivity contribution in [1.29, 1.82) is 0 Å². The van der Waals surface area contributed by atoms with Crippen molar-refractivity contribution in [3.8, 4) is 0 Å². The van der Waals surface area contributed by atoms with Crippen LogP contribution in [0.5, 0.6) is 0 Å². The Kier molecular flexibility index (Phi) is 4.97. The maximum absolute atomic E-state index is 13.4. The van der Waals surface area contributed by atoms with E-state index in [0.717, 1.165) is 0 Å². The number of halogens is 1. The Balaban J connectivity index is 2.19. The number of benzene rings is 2. The third kappa shape index (κ3) is 3.87. The van der Waals surface area contributed by atoms with Crippen molar-refractivity contribution in [2.24, 2.45) is 0 Å². The van der Waals surface area contributed by atoms with Gasteiger partial charge in [-0.25, -0.2) is 4.39 Å². The van der Waals surface area contributed by atoms with E-state index in [9.17, 15) is 19.1 Å². The number of carbonyl (C=O) groups excluding carboxylic acids is 1. The summed E-state index contributed by atoms with van der Waals surface area (Å²) in [4.78, 5) is 23.9. The van der Waals surface area contributed by atoms with Crippen LogP contribution in [0.2, 0.25) is 0 Å². The second-order valence-electron chi connectivity index (χ2n) is 7.10. The molecule has 1 amide bonds. The molecule has 0 fully saturated rings. The van der Waals surface area contributed by atoms with E-state index in [4.69, 9.17) is 0 Å². The first-order chi connectivity index (χ1) is 11.5. The summed E-state index contributed by atoms with van der Waals surface area (Å²) >= 11 is 0. The molecule has 2 N–H and O–H groups in total. The number of hydrogen-bond acceptors (Lipinski definition) is 2. The Morgan fingerprint density at radius 3 is 2.04 bits per heavy atom. The van der Waals surface area contributed by atoms with E-state index < -0.39 is 22.6 Å². The molecule has 0 spiro atoms. The van der Waals surface area contributed by atoms with E-state index in [-0.39, 0.29) is 5.91 Å². The van der Waals surface area contributed by atoms with Crippen molar-refractivity contribution in [3.63, 3.8) is 0 Å². The summed E-state index contributed by atoms with van der Waals surface area (Å²) in [5.41, 5.74) is -0.153. The van der Waals surface area contributed by atoms with Crippen LogP contribution in [0.1, 0.15) is 38.8 Å². The molecule has 0 aromatic heterocycles. The van der Waals surface area contributed by atoms with Gasteiger partial charge in [-0.3, -0.25) is 9.59 Å². The molecule has 0 unspecified atom stereocenters. The van der Waals surface area contributed by atoms with Gasteiger partial charge in [-0.15, -0.1) is 0 Å². The summed E-state index contributed by atoms with van der Waals surface area (Å²) in [6, 6.07) is 12.7. The standard InChI is InChI=1S/C20H22FNO3/c1-19(2,14-6-5-7-15(21)12-14)17(23)22-16-10-8-13(9-11-16)20(3,4)18(24)25/h5-12H,1-4H3,(H,22,23)(H,24,25). The molecule has 0 saturated heterocycles. The Morgan fingerprint density at radius 1 is 0.920 bits per heavy atom. The molecule has 132 valence electrons. The van der Waals surface area contributed by atoms with Crippen LogP contribution in [0.25, 0.3) is 0 Å². The molecule has 0 aliphatic carbocycles. The first kappa shape index (κ1) is 18.6. The van der Waals surface area contributed by atoms with Gasteiger partial charge in [0.05, 0.1) is 10.8 Å². The van der Waals surface area contributed by atoms with Gasteiger partial charge in [0.15, 0.2) is 0 Å². The maximum Gasteiger partial charge on any atom is 0.313 e. The summed E-state index contributed by atoms with van der Waals surface area (Å²) in [5.74, 6) is -1.58. The molecule has 2 aromatic rings. The van der Waals surface area contributed by atoms with Crippen LogP contribution < -0.4 is 5.32 Å². The lowest BCUT2D eigenvalue weighted by Gasteiger charge is -2.25. The van der Waals surface area contributed by atoms with E-state index in [1.165, 1.54) is 12.1 Å². The maximum atomic E-state index is 13.4. The third-order valence-electron chi connectivity index (χ3n) is 4.51. The Morgan fingerprint density at radius 2 is 1.52 bits per heavy atom. The van der Waals surface area contributed by atoms with Crippen molar-refractivity contribution < 1.29 is 19.1 Å². The van der Waals surface area contributed by atoms with E-state index in [1.54, 1.807) is 64.1 Å². The second kappa shape index (κ2) is 6.67. The number of amides is 1. The van der Waals surface area contributed by atoms with Crippen molar-refractivity contribution in [2.75, 3.05) is 5.32 Å². The molecule has 4 nitrogen and oxygen atoms in total. The molecule has 2 aromatic carbocycles. The van der Waals surface area contributed by atoms with Gasteiger partial charge >= 0.3 is 5.97 Å². The van der Waals surface area contributed by atoms with Crippen molar-refractivity contribution in [3.05, 3.63) is 65.5 Å². The van der Waals surface area contributed by atoms with E-state index in [2.05, 4.69) is 5.32 Å². The molecular weight excluding hydrogens is 321 g/mol. The molecule has 25 heavy (non-hydrogen) atoms. The fraction of sp³-hybridized carbons (Fsp3) is 0.300. The van der Waals surface area contributed by atoms with Gasteiger partial charge in [-0.1, -0.05) is 24.3 Å². The third-order valence-corrected chi connectivity index (χ3v) is 4.51. The highest BCUT2D eigenvalue weighted by molar-refractivity contribution is 5.98. The molecule has 0 heterocycles. The second-order valence-corrected chi connectivity index (χ2v) is 7.10. The summed E-state index contributed by atoms with van der Waals surface area (Å²) in [7, 11) is 0. The Labute approximate surface area is 146 Å². The molecule has 0 aliphatic rings. The minimum Gasteiger partial charge on any atom is -0.481 e. The number of hydrogen-bond donors (Lipinski definition) is 2. The molecule has 2 rings (SSSR count). The highest BCUT2D eigenvalue weighted by atomic mass is 19.1. The fourth-order valence-corrected chi connectivity index (χ4v) is 2.39. The normalized spacial score (nSPS) is 11.9. The topological polar surface area (TPSA) is 66.4 Å². The fourth-order valence-electron chi connectivity index (χ4n) is 2.39. The van der Waals surface area contributed by atoms with Crippen LogP contribution in [-0.2, 0) is 20.4 Å². The van der Waals surface area contributed by atoms with Crippen LogP contribution in [-0.4, -0.2) is 17.0 Å². The largest absolute Gasteiger partial charge is 0.481 e. The van der Waals surface area contributed by atoms with Gasteiger partial charge in [0.1, 0.15) is 5.82 Å². The van der Waals surface area contributed by atoms with Crippen molar-refractivity contribution in [1.82, 2.24) is 0 Å². The number of aliphatic carboxylic acids is 1. The van der Waals surface area contributed by atoms with Crippen molar-refractivity contribution in [2.45, 2.75) is 38.5 Å². The molecule has 0 atom stereocenters. The zero-order chi connectivity index (χ0) is 18.8. The first-order valence-electron chi connectivity index (χ1n) is 7.96. The quantitative estimate of drug-likeness (QED) is 0.859. The predicted molar refractivity (Wildman–Crippen MR) is 95.2 cm³/mol. The van der Waals surface area contributed by atoms with Crippen LogP contribution in [0.4, 0.5) is 10.1 Å². The molecule has 0 bridgehead atoms. The smallest absolute Gasteiger partial charge is 0.313 e. The van der Waals surface area contributed by atoms with Gasteiger partial charge < -0.3 is 10.4 Å². The van der Waals surface area contributed by atoms with Crippen LogP contribution in [0.3, 0.4) is 0 Å². The zero-order valence-electron chi connectivity index (χ0n) is 14.8. The Bertz CT molecular complexity index is 795. The van der Waals surface area contributed by atoms with Gasteiger partial charge in [-0.05, 0) is 63.1 Å². The average molecular weight is 343 g/mol. The van der Waals surface area contributed by atoms with Crippen LogP contribution >= 0.6 is 0 Å². The molecule has 0 saturated carbocycles. The number of carboxylic acid groups (broad SMARTS) is 1.